The van der Waals surface area contributed by atoms with Crippen molar-refractivity contribution in [1.29, 1.82) is 0 Å². The largest absolute Gasteiger partial charge is 0.495 e. The standard InChI is InChI=1S/C23H26N6O3S.ClH/c1-13-6-14-8-18(33-22(14)17(7-13)32-3)20-15(11-31-2)16(9-28-5-4-25-19(30)10-28)29-21(20)23(24)26-12-27-29;/h6-8,12H,4-5,9-11H2,1-3H3,(H,25,30)(H2,24,26,27);1H. The van der Waals surface area contributed by atoms with Gasteiger partial charge in [-0.3, -0.25) is 9.69 Å². The summed E-state index contributed by atoms with van der Waals surface area (Å²) in [5.41, 5.74) is 11.2. The molecule has 0 aliphatic carbocycles. The van der Waals surface area contributed by atoms with Crippen molar-refractivity contribution in [1.82, 2.24) is 24.8 Å². The van der Waals surface area contributed by atoms with Crippen LogP contribution in [0.4, 0.5) is 5.82 Å². The molecule has 0 unspecified atom stereocenters. The van der Waals surface area contributed by atoms with E-state index in [1.165, 1.54) is 6.33 Å². The Hall–Kier alpha value is -2.92. The van der Waals surface area contributed by atoms with Crippen LogP contribution in [-0.4, -0.2) is 59.3 Å². The molecule has 5 rings (SSSR count). The lowest BCUT2D eigenvalue weighted by Crippen LogP contribution is -2.47. The molecule has 3 N–H and O–H groups in total. The van der Waals surface area contributed by atoms with Gasteiger partial charge in [-0.05, 0) is 30.0 Å². The average molecular weight is 503 g/mol. The number of nitrogens with two attached hydrogens (primary N) is 1. The maximum atomic E-state index is 12.0. The van der Waals surface area contributed by atoms with Crippen LogP contribution in [0.5, 0.6) is 5.75 Å². The van der Waals surface area contributed by atoms with Gasteiger partial charge in [0.25, 0.3) is 0 Å². The van der Waals surface area contributed by atoms with Crippen LogP contribution in [0.2, 0.25) is 0 Å². The molecule has 0 radical (unpaired) electrons. The van der Waals surface area contributed by atoms with E-state index in [1.54, 1.807) is 25.6 Å². The Bertz CT molecular complexity index is 1370. The molecule has 34 heavy (non-hydrogen) atoms. The van der Waals surface area contributed by atoms with Crippen molar-refractivity contribution in [3.63, 3.8) is 0 Å². The topological polar surface area (TPSA) is 107 Å². The van der Waals surface area contributed by atoms with E-state index in [9.17, 15) is 4.79 Å². The van der Waals surface area contributed by atoms with E-state index in [0.717, 1.165) is 55.2 Å². The van der Waals surface area contributed by atoms with Crippen LogP contribution < -0.4 is 15.8 Å². The lowest BCUT2D eigenvalue weighted by atomic mass is 10.1. The molecule has 1 saturated heterocycles. The van der Waals surface area contributed by atoms with Crippen LogP contribution in [0.25, 0.3) is 26.0 Å². The highest BCUT2D eigenvalue weighted by Gasteiger charge is 2.27. The summed E-state index contributed by atoms with van der Waals surface area (Å²) in [6, 6.07) is 6.36. The number of nitrogen functional groups attached to an aromatic ring is 1. The zero-order valence-corrected chi connectivity index (χ0v) is 20.9. The second kappa shape index (κ2) is 9.75. The molecule has 180 valence electrons. The minimum atomic E-state index is 0. The van der Waals surface area contributed by atoms with Gasteiger partial charge in [0.2, 0.25) is 5.91 Å². The van der Waals surface area contributed by atoms with Crippen molar-refractivity contribution in [3.8, 4) is 16.2 Å². The number of amides is 1. The number of anilines is 1. The number of rotatable bonds is 6. The van der Waals surface area contributed by atoms with Gasteiger partial charge in [-0.2, -0.15) is 5.10 Å². The van der Waals surface area contributed by atoms with E-state index in [4.69, 9.17) is 15.2 Å². The number of hydrogen-bond acceptors (Lipinski definition) is 8. The van der Waals surface area contributed by atoms with Gasteiger partial charge in [-0.25, -0.2) is 9.50 Å². The molecule has 0 bridgehead atoms. The number of aromatic nitrogens is 3. The van der Waals surface area contributed by atoms with E-state index < -0.39 is 0 Å². The van der Waals surface area contributed by atoms with Crippen LogP contribution in [0.3, 0.4) is 0 Å². The minimum absolute atomic E-state index is 0. The molecule has 1 aliphatic rings. The van der Waals surface area contributed by atoms with Gasteiger partial charge < -0.3 is 20.5 Å². The highest BCUT2D eigenvalue weighted by atomic mass is 35.5. The molecule has 3 aromatic heterocycles. The zero-order valence-electron chi connectivity index (χ0n) is 19.3. The maximum absolute atomic E-state index is 12.0. The van der Waals surface area contributed by atoms with Gasteiger partial charge in [0, 0.05) is 42.7 Å². The first-order chi connectivity index (χ1) is 16.0. The van der Waals surface area contributed by atoms with Gasteiger partial charge >= 0.3 is 0 Å². The van der Waals surface area contributed by atoms with E-state index in [0.29, 0.717) is 32.1 Å². The van der Waals surface area contributed by atoms with Gasteiger partial charge in [0.05, 0.1) is 30.7 Å². The maximum Gasteiger partial charge on any atom is 0.234 e. The number of piperazine rings is 1. The van der Waals surface area contributed by atoms with Crippen LogP contribution in [0, 0.1) is 6.92 Å². The van der Waals surface area contributed by atoms with Crippen LogP contribution in [-0.2, 0) is 22.7 Å². The van der Waals surface area contributed by atoms with E-state index in [2.05, 4.69) is 39.4 Å². The van der Waals surface area contributed by atoms with E-state index in [-0.39, 0.29) is 18.3 Å². The fraction of sp³-hybridized carbons (Fsp3) is 0.348. The summed E-state index contributed by atoms with van der Waals surface area (Å²) in [5, 5.41) is 8.53. The highest BCUT2D eigenvalue weighted by Crippen LogP contribution is 2.44. The Labute approximate surface area is 207 Å². The van der Waals surface area contributed by atoms with Crippen molar-refractivity contribution >= 4 is 51.1 Å². The van der Waals surface area contributed by atoms with Crippen molar-refractivity contribution < 1.29 is 14.3 Å². The minimum Gasteiger partial charge on any atom is -0.495 e. The number of thiophene rings is 1. The molecular formula is C23H27ClN6O3S. The summed E-state index contributed by atoms with van der Waals surface area (Å²) >= 11 is 1.65. The first-order valence-corrected chi connectivity index (χ1v) is 11.5. The second-order valence-electron chi connectivity index (χ2n) is 8.20. The number of nitrogens with zero attached hydrogens (tertiary/aromatic N) is 4. The predicted molar refractivity (Wildman–Crippen MR) is 136 cm³/mol. The molecule has 1 fully saturated rings. The number of hydrogen-bond donors (Lipinski definition) is 2. The monoisotopic (exact) mass is 502 g/mol. The Morgan fingerprint density at radius 2 is 2.09 bits per heavy atom. The summed E-state index contributed by atoms with van der Waals surface area (Å²) in [4.78, 5) is 19.4. The quantitative estimate of drug-likeness (QED) is 0.417. The van der Waals surface area contributed by atoms with Crippen LogP contribution in [0.1, 0.15) is 16.8 Å². The van der Waals surface area contributed by atoms with Crippen molar-refractivity contribution in [2.45, 2.75) is 20.1 Å². The first kappa shape index (κ1) is 24.2. The van der Waals surface area contributed by atoms with Crippen molar-refractivity contribution in [3.05, 3.63) is 41.3 Å². The third-order valence-electron chi connectivity index (χ3n) is 5.93. The molecular weight excluding hydrogens is 476 g/mol. The number of aryl methyl sites for hydroxylation is 1. The molecule has 1 aromatic carbocycles. The molecule has 0 atom stereocenters. The molecule has 9 nitrogen and oxygen atoms in total. The van der Waals surface area contributed by atoms with Crippen molar-refractivity contribution in [2.24, 2.45) is 0 Å². The number of methoxy groups -OCH3 is 2. The smallest absolute Gasteiger partial charge is 0.234 e. The Kier molecular flexibility index (Phi) is 6.94. The lowest BCUT2D eigenvalue weighted by Gasteiger charge is -2.26. The summed E-state index contributed by atoms with van der Waals surface area (Å²) in [7, 11) is 3.37. The number of fused-ring (bicyclic) bond motifs is 2. The first-order valence-electron chi connectivity index (χ1n) is 10.7. The number of nitrogens with one attached hydrogen (secondary N) is 1. The van der Waals surface area contributed by atoms with Gasteiger partial charge in [0.1, 0.15) is 17.6 Å². The molecule has 0 spiro atoms. The molecule has 1 aliphatic heterocycles. The van der Waals surface area contributed by atoms with E-state index in [1.807, 2.05) is 10.6 Å². The lowest BCUT2D eigenvalue weighted by molar-refractivity contribution is -0.124. The third-order valence-corrected chi connectivity index (χ3v) is 7.12. The fourth-order valence-electron chi connectivity index (χ4n) is 4.53. The van der Waals surface area contributed by atoms with Crippen LogP contribution >= 0.6 is 23.7 Å². The summed E-state index contributed by atoms with van der Waals surface area (Å²) in [6.07, 6.45) is 1.46. The fourth-order valence-corrected chi connectivity index (χ4v) is 5.73. The van der Waals surface area contributed by atoms with Gasteiger partial charge in [0.15, 0.2) is 5.82 Å². The summed E-state index contributed by atoms with van der Waals surface area (Å²) < 4.78 is 14.2. The number of benzene rings is 1. The predicted octanol–water partition coefficient (Wildman–Crippen LogP) is 3.01. The number of carbonyl (C=O) groups excluding carboxylic acids is 1. The Morgan fingerprint density at radius 3 is 2.82 bits per heavy atom. The Morgan fingerprint density at radius 1 is 1.26 bits per heavy atom. The molecule has 4 heterocycles. The van der Waals surface area contributed by atoms with Gasteiger partial charge in [-0.1, -0.05) is 6.07 Å². The SMILES string of the molecule is COCc1c(-c2cc3cc(C)cc(OC)c3s2)c2c(N)ncnn2c1CN1CCNC(=O)C1.Cl. The second-order valence-corrected chi connectivity index (χ2v) is 9.25. The van der Waals surface area contributed by atoms with Crippen molar-refractivity contribution in [2.75, 3.05) is 39.6 Å². The molecule has 4 aromatic rings. The van der Waals surface area contributed by atoms with Crippen LogP contribution in [0.15, 0.2) is 24.5 Å². The molecule has 0 saturated carbocycles. The number of halogens is 1. The summed E-state index contributed by atoms with van der Waals surface area (Å²) in [6.45, 7) is 4.73. The zero-order chi connectivity index (χ0) is 23.1. The molecule has 1 amide bonds. The third kappa shape index (κ3) is 4.18. The highest BCUT2D eigenvalue weighted by molar-refractivity contribution is 7.22. The average Bonchev–Trinajstić information content (AvgIpc) is 3.33. The number of carbonyl (C=O) groups is 1. The van der Waals surface area contributed by atoms with E-state index >= 15 is 0 Å². The summed E-state index contributed by atoms with van der Waals surface area (Å²) in [5.74, 6) is 1.28. The van der Waals surface area contributed by atoms with Gasteiger partial charge in [-0.15, -0.1) is 23.7 Å². The number of ether oxygens (including phenoxy) is 2. The normalized spacial score (nSPS) is 14.4. The Balaban J connectivity index is 0.00000274. The molecule has 11 heteroatoms.